The van der Waals surface area contributed by atoms with Crippen LogP contribution >= 0.6 is 0 Å². The largest absolute Gasteiger partial charge is 0.478 e. The number of carboxylic acid groups (broad SMARTS) is 1. The maximum Gasteiger partial charge on any atom is 0.331 e. The van der Waals surface area contributed by atoms with Gasteiger partial charge in [-0.1, -0.05) is 0 Å². The minimum atomic E-state index is -1.03. The average Bonchev–Trinajstić information content (AvgIpc) is 1.87. The van der Waals surface area contributed by atoms with Gasteiger partial charge >= 0.3 is 5.97 Å². The molecule has 0 spiro atoms. The molecule has 0 aromatic rings. The van der Waals surface area contributed by atoms with Crippen molar-refractivity contribution >= 4 is 5.97 Å². The van der Waals surface area contributed by atoms with E-state index in [-0.39, 0.29) is 12.2 Å². The van der Waals surface area contributed by atoms with Crippen LogP contribution in [0.2, 0.25) is 0 Å². The van der Waals surface area contributed by atoms with Crippen molar-refractivity contribution in [2.45, 2.75) is 13.0 Å². The first-order valence-electron chi connectivity index (χ1n) is 3.16. The quantitative estimate of drug-likeness (QED) is 0.569. The van der Waals surface area contributed by atoms with E-state index in [2.05, 4.69) is 4.74 Å². The van der Waals surface area contributed by atoms with Crippen molar-refractivity contribution in [3.63, 3.8) is 0 Å². The molecule has 1 unspecified atom stereocenters. The zero-order valence-electron chi connectivity index (χ0n) is 6.57. The molecule has 0 aromatic heterocycles. The molecule has 11 heavy (non-hydrogen) atoms. The maximum absolute atomic E-state index is 10.2. The van der Waals surface area contributed by atoms with Gasteiger partial charge in [0.15, 0.2) is 0 Å². The summed E-state index contributed by atoms with van der Waals surface area (Å²) in [6, 6.07) is 0. The Labute approximate surface area is 65.1 Å². The summed E-state index contributed by atoms with van der Waals surface area (Å²) in [4.78, 5) is 10.2. The summed E-state index contributed by atoms with van der Waals surface area (Å²) < 4.78 is 4.60. The van der Waals surface area contributed by atoms with Gasteiger partial charge in [0.25, 0.3) is 0 Å². The fourth-order valence-electron chi connectivity index (χ4n) is 0.579. The second-order valence-electron chi connectivity index (χ2n) is 2.18. The monoisotopic (exact) mass is 160 g/mol. The SMILES string of the molecule is COCC(O)C=C(C)C(=O)O. The first-order valence-corrected chi connectivity index (χ1v) is 3.16. The van der Waals surface area contributed by atoms with Gasteiger partial charge in [0.05, 0.1) is 12.7 Å². The van der Waals surface area contributed by atoms with Crippen LogP contribution in [0.3, 0.4) is 0 Å². The minimum absolute atomic E-state index is 0.116. The predicted molar refractivity (Wildman–Crippen MR) is 39.3 cm³/mol. The number of rotatable bonds is 4. The number of aliphatic hydroxyl groups excluding tert-OH is 1. The van der Waals surface area contributed by atoms with Crippen molar-refractivity contribution in [2.75, 3.05) is 13.7 Å². The Morgan fingerprint density at radius 3 is 2.64 bits per heavy atom. The predicted octanol–water partition coefficient (Wildman–Crippen LogP) is 0.0246. The summed E-state index contributed by atoms with van der Waals surface area (Å²) in [5, 5.41) is 17.4. The molecule has 4 heteroatoms. The lowest BCUT2D eigenvalue weighted by molar-refractivity contribution is -0.132. The zero-order valence-corrected chi connectivity index (χ0v) is 6.57. The standard InChI is InChI=1S/C7H12O4/c1-5(7(9)10)3-6(8)4-11-2/h3,6,8H,4H2,1-2H3,(H,9,10). The van der Waals surface area contributed by atoms with E-state index in [1.807, 2.05) is 0 Å². The zero-order chi connectivity index (χ0) is 8.85. The average molecular weight is 160 g/mol. The second-order valence-corrected chi connectivity index (χ2v) is 2.18. The molecule has 0 fully saturated rings. The molecule has 1 atom stereocenters. The summed E-state index contributed by atoms with van der Waals surface area (Å²) in [5.74, 6) is -1.03. The molecule has 64 valence electrons. The van der Waals surface area contributed by atoms with Crippen LogP contribution in [0.5, 0.6) is 0 Å². The highest BCUT2D eigenvalue weighted by molar-refractivity contribution is 5.85. The normalized spacial score (nSPS) is 14.6. The van der Waals surface area contributed by atoms with E-state index in [1.165, 1.54) is 20.1 Å². The van der Waals surface area contributed by atoms with E-state index in [0.29, 0.717) is 0 Å². The molecule has 0 aliphatic carbocycles. The molecular formula is C7H12O4. The van der Waals surface area contributed by atoms with Gasteiger partial charge in [-0.25, -0.2) is 4.79 Å². The number of aliphatic hydroxyl groups is 1. The molecule has 4 nitrogen and oxygen atoms in total. The summed E-state index contributed by atoms with van der Waals surface area (Å²) in [6.45, 7) is 1.53. The smallest absolute Gasteiger partial charge is 0.331 e. The van der Waals surface area contributed by atoms with Crippen molar-refractivity contribution in [1.29, 1.82) is 0 Å². The molecule has 0 saturated heterocycles. The lowest BCUT2D eigenvalue weighted by Crippen LogP contribution is -2.12. The van der Waals surface area contributed by atoms with E-state index in [9.17, 15) is 4.79 Å². The van der Waals surface area contributed by atoms with Gasteiger partial charge < -0.3 is 14.9 Å². The number of ether oxygens (including phenoxy) is 1. The maximum atomic E-state index is 10.2. The summed E-state index contributed by atoms with van der Waals surface area (Å²) in [5.41, 5.74) is 0.120. The first-order chi connectivity index (χ1) is 5.07. The summed E-state index contributed by atoms with van der Waals surface area (Å²) >= 11 is 0. The molecule has 0 aliphatic heterocycles. The van der Waals surface area contributed by atoms with Crippen LogP contribution in [0, 0.1) is 0 Å². The summed E-state index contributed by atoms with van der Waals surface area (Å²) in [6.07, 6.45) is 0.405. The van der Waals surface area contributed by atoms with Crippen LogP contribution in [-0.2, 0) is 9.53 Å². The Kier molecular flexibility index (Phi) is 4.49. The van der Waals surface area contributed by atoms with Crippen molar-refractivity contribution in [3.05, 3.63) is 11.6 Å². The van der Waals surface area contributed by atoms with Crippen molar-refractivity contribution < 1.29 is 19.7 Å². The van der Waals surface area contributed by atoms with Crippen LogP contribution in [0.25, 0.3) is 0 Å². The van der Waals surface area contributed by atoms with Crippen LogP contribution in [0.15, 0.2) is 11.6 Å². The third-order valence-corrected chi connectivity index (χ3v) is 1.12. The molecule has 0 rings (SSSR count). The minimum Gasteiger partial charge on any atom is -0.478 e. The fourth-order valence-corrected chi connectivity index (χ4v) is 0.579. The molecule has 0 radical (unpaired) electrons. The topological polar surface area (TPSA) is 66.8 Å². The van der Waals surface area contributed by atoms with Gasteiger partial charge in [-0.3, -0.25) is 0 Å². The second kappa shape index (κ2) is 4.87. The molecule has 2 N–H and O–H groups in total. The molecule has 0 aliphatic rings. The van der Waals surface area contributed by atoms with Gasteiger partial charge in [-0.05, 0) is 13.0 Å². The number of carboxylic acids is 1. The van der Waals surface area contributed by atoms with Crippen molar-refractivity contribution in [2.24, 2.45) is 0 Å². The molecule has 0 bridgehead atoms. The summed E-state index contributed by atoms with van der Waals surface area (Å²) in [7, 11) is 1.44. The van der Waals surface area contributed by atoms with Gasteiger partial charge in [-0.15, -0.1) is 0 Å². The van der Waals surface area contributed by atoms with E-state index >= 15 is 0 Å². The number of aliphatic carboxylic acids is 1. The van der Waals surface area contributed by atoms with Gasteiger partial charge in [0.2, 0.25) is 0 Å². The van der Waals surface area contributed by atoms with E-state index in [0.717, 1.165) is 0 Å². The molecule has 0 aromatic carbocycles. The number of hydrogen-bond donors (Lipinski definition) is 2. The van der Waals surface area contributed by atoms with E-state index < -0.39 is 12.1 Å². The number of hydrogen-bond acceptors (Lipinski definition) is 3. The van der Waals surface area contributed by atoms with Crippen molar-refractivity contribution in [1.82, 2.24) is 0 Å². The fraction of sp³-hybridized carbons (Fsp3) is 0.571. The van der Waals surface area contributed by atoms with Crippen LogP contribution in [0.1, 0.15) is 6.92 Å². The van der Waals surface area contributed by atoms with Crippen LogP contribution in [0.4, 0.5) is 0 Å². The molecule has 0 amide bonds. The Morgan fingerprint density at radius 1 is 1.73 bits per heavy atom. The van der Waals surface area contributed by atoms with Crippen LogP contribution in [-0.4, -0.2) is 36.0 Å². The Balaban J connectivity index is 3.96. The number of methoxy groups -OCH3 is 1. The molecule has 0 saturated carbocycles. The highest BCUT2D eigenvalue weighted by Gasteiger charge is 2.04. The van der Waals surface area contributed by atoms with Crippen LogP contribution < -0.4 is 0 Å². The Hall–Kier alpha value is -0.870. The Bertz CT molecular complexity index is 162. The molecular weight excluding hydrogens is 148 g/mol. The van der Waals surface area contributed by atoms with Crippen molar-refractivity contribution in [3.8, 4) is 0 Å². The highest BCUT2D eigenvalue weighted by atomic mass is 16.5. The number of carbonyl (C=O) groups is 1. The highest BCUT2D eigenvalue weighted by Crippen LogP contribution is 1.96. The van der Waals surface area contributed by atoms with Gasteiger partial charge in [0, 0.05) is 12.7 Å². The lowest BCUT2D eigenvalue weighted by Gasteiger charge is -2.03. The lowest BCUT2D eigenvalue weighted by atomic mass is 10.2. The van der Waals surface area contributed by atoms with Gasteiger partial charge in [-0.2, -0.15) is 0 Å². The van der Waals surface area contributed by atoms with E-state index in [1.54, 1.807) is 0 Å². The third kappa shape index (κ3) is 4.52. The van der Waals surface area contributed by atoms with E-state index in [4.69, 9.17) is 10.2 Å². The van der Waals surface area contributed by atoms with Gasteiger partial charge in [0.1, 0.15) is 0 Å². The third-order valence-electron chi connectivity index (χ3n) is 1.12. The first kappa shape index (κ1) is 10.1. The Morgan fingerprint density at radius 2 is 2.27 bits per heavy atom. The molecule has 0 heterocycles.